The zero-order chi connectivity index (χ0) is 14.8. The minimum absolute atomic E-state index is 0.0551. The molecule has 1 aromatic carbocycles. The van der Waals surface area contributed by atoms with E-state index in [1.807, 2.05) is 13.8 Å². The molecular weight excluding hydrogens is 281 g/mol. The third-order valence-electron chi connectivity index (χ3n) is 3.07. The number of halogens is 1. The highest BCUT2D eigenvalue weighted by Gasteiger charge is 2.14. The van der Waals surface area contributed by atoms with Gasteiger partial charge < -0.3 is 0 Å². The number of aromatic amines is 1. The number of nitrogens with zero attached hydrogens (tertiary/aromatic N) is 1. The van der Waals surface area contributed by atoms with Crippen LogP contribution in [0.2, 0.25) is 0 Å². The van der Waals surface area contributed by atoms with Crippen LogP contribution in [0.5, 0.6) is 0 Å². The van der Waals surface area contributed by atoms with E-state index in [1.165, 1.54) is 12.1 Å². The van der Waals surface area contributed by atoms with Crippen LogP contribution >= 0.6 is 0 Å². The Balaban J connectivity index is 2.01. The predicted molar refractivity (Wildman–Crippen MR) is 73.4 cm³/mol. The smallest absolute Gasteiger partial charge is 0.240 e. The molecule has 2 rings (SSSR count). The summed E-state index contributed by atoms with van der Waals surface area (Å²) in [5, 5.41) is 6.91. The fourth-order valence-corrected chi connectivity index (χ4v) is 2.98. The van der Waals surface area contributed by atoms with E-state index < -0.39 is 15.8 Å². The summed E-state index contributed by atoms with van der Waals surface area (Å²) in [6.07, 6.45) is 0.550. The van der Waals surface area contributed by atoms with E-state index in [2.05, 4.69) is 14.9 Å². The number of aromatic nitrogens is 2. The number of rotatable bonds is 5. The Bertz CT molecular complexity index is 673. The number of hydrogen-bond donors (Lipinski definition) is 2. The first-order valence-corrected chi connectivity index (χ1v) is 7.64. The summed E-state index contributed by atoms with van der Waals surface area (Å²) in [4.78, 5) is 0.0551. The van der Waals surface area contributed by atoms with Gasteiger partial charge in [-0.2, -0.15) is 5.10 Å². The average Bonchev–Trinajstić information content (AvgIpc) is 2.71. The molecule has 0 amide bonds. The number of H-pyrrole nitrogens is 1. The lowest BCUT2D eigenvalue weighted by Gasteiger charge is -2.07. The molecule has 0 atom stereocenters. The van der Waals surface area contributed by atoms with Gasteiger partial charge >= 0.3 is 0 Å². The SMILES string of the molecule is Cc1n[nH]c(C)c1CCNS(=O)(=O)c1ccc(F)cc1. The molecule has 0 aliphatic rings. The number of hydrogen-bond acceptors (Lipinski definition) is 3. The molecule has 0 bridgehead atoms. The van der Waals surface area contributed by atoms with Gasteiger partial charge in [0.05, 0.1) is 10.6 Å². The van der Waals surface area contributed by atoms with E-state index in [0.717, 1.165) is 29.1 Å². The Hall–Kier alpha value is -1.73. The Morgan fingerprint density at radius 1 is 1.25 bits per heavy atom. The first-order chi connectivity index (χ1) is 9.40. The summed E-state index contributed by atoms with van der Waals surface area (Å²) in [6, 6.07) is 4.73. The molecule has 0 radical (unpaired) electrons. The normalized spacial score (nSPS) is 11.8. The molecule has 20 heavy (non-hydrogen) atoms. The predicted octanol–water partition coefficient (Wildman–Crippen LogP) is 1.69. The van der Waals surface area contributed by atoms with Crippen molar-refractivity contribution in [2.45, 2.75) is 25.2 Å². The maximum atomic E-state index is 12.8. The van der Waals surface area contributed by atoms with Crippen molar-refractivity contribution < 1.29 is 12.8 Å². The monoisotopic (exact) mass is 297 g/mol. The van der Waals surface area contributed by atoms with Crippen molar-refractivity contribution in [1.82, 2.24) is 14.9 Å². The number of sulfonamides is 1. The van der Waals surface area contributed by atoms with Crippen LogP contribution in [0.4, 0.5) is 4.39 Å². The summed E-state index contributed by atoms with van der Waals surface area (Å²) < 4.78 is 39.2. The lowest BCUT2D eigenvalue weighted by atomic mass is 10.1. The molecule has 2 aromatic rings. The van der Waals surface area contributed by atoms with Gasteiger partial charge in [-0.25, -0.2) is 17.5 Å². The van der Waals surface area contributed by atoms with E-state index in [9.17, 15) is 12.8 Å². The fourth-order valence-electron chi connectivity index (χ4n) is 1.95. The average molecular weight is 297 g/mol. The Labute approximate surface area is 117 Å². The zero-order valence-corrected chi connectivity index (χ0v) is 12.1. The molecule has 0 aliphatic heterocycles. The molecule has 5 nitrogen and oxygen atoms in total. The van der Waals surface area contributed by atoms with Crippen molar-refractivity contribution >= 4 is 10.0 Å². The highest BCUT2D eigenvalue weighted by Crippen LogP contribution is 2.12. The van der Waals surface area contributed by atoms with Gasteiger partial charge in [0, 0.05) is 12.2 Å². The van der Waals surface area contributed by atoms with Crippen LogP contribution in [0.15, 0.2) is 29.2 Å². The van der Waals surface area contributed by atoms with Gasteiger partial charge in [-0.05, 0) is 50.1 Å². The van der Waals surface area contributed by atoms with Crippen molar-refractivity contribution in [3.63, 3.8) is 0 Å². The van der Waals surface area contributed by atoms with Gasteiger partial charge in [0.1, 0.15) is 5.82 Å². The lowest BCUT2D eigenvalue weighted by Crippen LogP contribution is -2.26. The molecule has 0 saturated heterocycles. The summed E-state index contributed by atoms with van der Waals surface area (Å²) in [5.41, 5.74) is 2.80. The van der Waals surface area contributed by atoms with E-state index >= 15 is 0 Å². The topological polar surface area (TPSA) is 74.8 Å². The highest BCUT2D eigenvalue weighted by atomic mass is 32.2. The van der Waals surface area contributed by atoms with Crippen LogP contribution in [0.3, 0.4) is 0 Å². The van der Waals surface area contributed by atoms with Crippen molar-refractivity contribution in [3.05, 3.63) is 47.0 Å². The van der Waals surface area contributed by atoms with E-state index in [-0.39, 0.29) is 11.4 Å². The molecular formula is C13H16FN3O2S. The van der Waals surface area contributed by atoms with Gasteiger partial charge in [0.25, 0.3) is 0 Å². The highest BCUT2D eigenvalue weighted by molar-refractivity contribution is 7.89. The first kappa shape index (κ1) is 14.7. The van der Waals surface area contributed by atoms with Crippen LogP contribution in [-0.2, 0) is 16.4 Å². The number of aryl methyl sites for hydroxylation is 2. The van der Waals surface area contributed by atoms with Gasteiger partial charge in [-0.1, -0.05) is 0 Å². The molecule has 2 N–H and O–H groups in total. The minimum atomic E-state index is -3.60. The number of nitrogens with one attached hydrogen (secondary N) is 2. The quantitative estimate of drug-likeness (QED) is 0.882. The molecule has 1 heterocycles. The van der Waals surface area contributed by atoms with Crippen molar-refractivity contribution in [3.8, 4) is 0 Å². The third kappa shape index (κ3) is 3.23. The molecule has 108 valence electrons. The third-order valence-corrected chi connectivity index (χ3v) is 4.55. The van der Waals surface area contributed by atoms with Crippen molar-refractivity contribution in [2.24, 2.45) is 0 Å². The van der Waals surface area contributed by atoms with E-state index in [1.54, 1.807) is 0 Å². The second-order valence-corrected chi connectivity index (χ2v) is 6.28. The van der Waals surface area contributed by atoms with Crippen LogP contribution in [0.1, 0.15) is 17.0 Å². The van der Waals surface area contributed by atoms with E-state index in [0.29, 0.717) is 6.42 Å². The molecule has 0 aliphatic carbocycles. The van der Waals surface area contributed by atoms with Crippen molar-refractivity contribution in [2.75, 3.05) is 6.54 Å². The first-order valence-electron chi connectivity index (χ1n) is 6.16. The Morgan fingerprint density at radius 3 is 2.45 bits per heavy atom. The zero-order valence-electron chi connectivity index (χ0n) is 11.3. The van der Waals surface area contributed by atoms with Crippen LogP contribution in [-0.4, -0.2) is 25.2 Å². The summed E-state index contributed by atoms with van der Waals surface area (Å²) in [5.74, 6) is -0.464. The van der Waals surface area contributed by atoms with Crippen LogP contribution < -0.4 is 4.72 Å². The summed E-state index contributed by atoms with van der Waals surface area (Å²) >= 11 is 0. The summed E-state index contributed by atoms with van der Waals surface area (Å²) in [7, 11) is -3.60. The molecule has 7 heteroatoms. The second-order valence-electron chi connectivity index (χ2n) is 4.51. The summed E-state index contributed by atoms with van der Waals surface area (Å²) in [6.45, 7) is 4.03. The fraction of sp³-hybridized carbons (Fsp3) is 0.308. The number of benzene rings is 1. The maximum absolute atomic E-state index is 12.8. The minimum Gasteiger partial charge on any atom is -0.282 e. The second kappa shape index (κ2) is 5.72. The molecule has 0 saturated carbocycles. The standard InChI is InChI=1S/C13H16FN3O2S/c1-9-13(10(2)17-16-9)7-8-15-20(18,19)12-5-3-11(14)4-6-12/h3-6,15H,7-8H2,1-2H3,(H,16,17). The maximum Gasteiger partial charge on any atom is 0.240 e. The Kier molecular flexibility index (Phi) is 4.20. The molecule has 0 unspecified atom stereocenters. The van der Waals surface area contributed by atoms with Crippen LogP contribution in [0.25, 0.3) is 0 Å². The lowest BCUT2D eigenvalue weighted by molar-refractivity contribution is 0.580. The largest absolute Gasteiger partial charge is 0.282 e. The van der Waals surface area contributed by atoms with Gasteiger partial charge in [0.15, 0.2) is 0 Å². The van der Waals surface area contributed by atoms with Crippen molar-refractivity contribution in [1.29, 1.82) is 0 Å². The Morgan fingerprint density at radius 2 is 1.90 bits per heavy atom. The van der Waals surface area contributed by atoms with Gasteiger partial charge in [0.2, 0.25) is 10.0 Å². The van der Waals surface area contributed by atoms with Crippen LogP contribution in [0, 0.1) is 19.7 Å². The van der Waals surface area contributed by atoms with Gasteiger partial charge in [-0.3, -0.25) is 5.10 Å². The molecule has 0 spiro atoms. The van der Waals surface area contributed by atoms with E-state index in [4.69, 9.17) is 0 Å². The van der Waals surface area contributed by atoms with Gasteiger partial charge in [-0.15, -0.1) is 0 Å². The molecule has 1 aromatic heterocycles. The molecule has 0 fully saturated rings.